The van der Waals surface area contributed by atoms with E-state index in [1.807, 2.05) is 22.9 Å². The number of nitrogens with zero attached hydrogens (tertiary/aromatic N) is 6. The predicted molar refractivity (Wildman–Crippen MR) is 104 cm³/mol. The van der Waals surface area contributed by atoms with Gasteiger partial charge in [0.15, 0.2) is 5.65 Å². The Morgan fingerprint density at radius 2 is 2.23 bits per heavy atom. The van der Waals surface area contributed by atoms with Crippen molar-refractivity contribution >= 4 is 38.8 Å². The number of aromatic nitrogens is 6. The summed E-state index contributed by atoms with van der Waals surface area (Å²) in [4.78, 5) is 12.0. The van der Waals surface area contributed by atoms with Crippen molar-refractivity contribution in [3.8, 4) is 11.5 Å². The Morgan fingerprint density at radius 1 is 1.35 bits per heavy atom. The maximum Gasteiger partial charge on any atom is 0.202 e. The molecule has 134 valence electrons. The average Bonchev–Trinajstić information content (AvgIpc) is 3.33. The molecule has 0 spiro atoms. The van der Waals surface area contributed by atoms with Gasteiger partial charge in [-0.3, -0.25) is 4.68 Å². The summed E-state index contributed by atoms with van der Waals surface area (Å²) < 4.78 is 3.61. The number of fused-ring (bicyclic) bond motifs is 5. The minimum absolute atomic E-state index is 0.574. The summed E-state index contributed by atoms with van der Waals surface area (Å²) in [6.45, 7) is 5.03. The van der Waals surface area contributed by atoms with E-state index >= 15 is 0 Å². The van der Waals surface area contributed by atoms with Gasteiger partial charge in [0.05, 0.1) is 16.6 Å². The summed E-state index contributed by atoms with van der Waals surface area (Å²) in [5.74, 6) is 1.39. The van der Waals surface area contributed by atoms with Crippen molar-refractivity contribution in [3.63, 3.8) is 0 Å². The van der Waals surface area contributed by atoms with E-state index in [9.17, 15) is 0 Å². The Labute approximate surface area is 159 Å². The molecule has 5 rings (SSSR count). The van der Waals surface area contributed by atoms with E-state index in [2.05, 4.69) is 22.1 Å². The topological polar surface area (TPSA) is 60.9 Å². The fourth-order valence-electron chi connectivity index (χ4n) is 3.92. The van der Waals surface area contributed by atoms with Gasteiger partial charge in [-0.15, -0.1) is 16.4 Å². The van der Waals surface area contributed by atoms with Crippen LogP contribution in [0.1, 0.15) is 37.1 Å². The second-order valence-electron chi connectivity index (χ2n) is 6.81. The molecule has 6 nitrogen and oxygen atoms in total. The third-order valence-corrected chi connectivity index (χ3v) is 6.81. The predicted octanol–water partition coefficient (Wildman–Crippen LogP) is 4.39. The molecule has 0 aliphatic heterocycles. The lowest BCUT2D eigenvalue weighted by Gasteiger charge is -2.20. The standard InChI is InChI=1S/C18H19ClN6S/c1-3-10-5-6-11-13(7-10)26-18-14(11)17-22-16(23-25(17)9-20-18)15-12(19)8-21-24(15)4-2/h8-10H,3-7H2,1-2H3. The second kappa shape index (κ2) is 6.03. The van der Waals surface area contributed by atoms with Crippen LogP contribution >= 0.6 is 22.9 Å². The van der Waals surface area contributed by atoms with Crippen molar-refractivity contribution in [2.24, 2.45) is 5.92 Å². The molecule has 0 radical (unpaired) electrons. The quantitative estimate of drug-likeness (QED) is 0.523. The number of rotatable bonds is 3. The zero-order chi connectivity index (χ0) is 17.8. The maximum absolute atomic E-state index is 6.34. The van der Waals surface area contributed by atoms with E-state index in [0.29, 0.717) is 10.8 Å². The molecule has 0 saturated carbocycles. The van der Waals surface area contributed by atoms with E-state index in [4.69, 9.17) is 16.6 Å². The van der Waals surface area contributed by atoms with E-state index < -0.39 is 0 Å². The first-order valence-corrected chi connectivity index (χ1v) is 10.3. The summed E-state index contributed by atoms with van der Waals surface area (Å²) in [5.41, 5.74) is 3.06. The second-order valence-corrected chi connectivity index (χ2v) is 8.30. The summed E-state index contributed by atoms with van der Waals surface area (Å²) in [6.07, 6.45) is 8.15. The average molecular weight is 387 g/mol. The lowest BCUT2D eigenvalue weighted by molar-refractivity contribution is 0.451. The van der Waals surface area contributed by atoms with Gasteiger partial charge in [-0.25, -0.2) is 14.5 Å². The molecular formula is C18H19ClN6S. The van der Waals surface area contributed by atoms with Crippen LogP contribution in [0.5, 0.6) is 0 Å². The Kier molecular flexibility index (Phi) is 3.76. The van der Waals surface area contributed by atoms with Gasteiger partial charge in [0.25, 0.3) is 0 Å². The first kappa shape index (κ1) is 16.2. The molecule has 0 bridgehead atoms. The van der Waals surface area contributed by atoms with Crippen LogP contribution in [-0.4, -0.2) is 29.4 Å². The van der Waals surface area contributed by atoms with Crippen molar-refractivity contribution in [2.45, 2.75) is 46.1 Å². The zero-order valence-corrected chi connectivity index (χ0v) is 16.3. The Bertz CT molecular complexity index is 1120. The van der Waals surface area contributed by atoms with E-state index in [0.717, 1.165) is 41.5 Å². The molecule has 0 N–H and O–H groups in total. The molecule has 26 heavy (non-hydrogen) atoms. The van der Waals surface area contributed by atoms with Crippen LogP contribution in [0.2, 0.25) is 5.02 Å². The van der Waals surface area contributed by atoms with Gasteiger partial charge < -0.3 is 0 Å². The summed E-state index contributed by atoms with van der Waals surface area (Å²) >= 11 is 8.16. The van der Waals surface area contributed by atoms with E-state index in [-0.39, 0.29) is 0 Å². The first-order valence-electron chi connectivity index (χ1n) is 9.06. The zero-order valence-electron chi connectivity index (χ0n) is 14.7. The number of thiophene rings is 1. The fourth-order valence-corrected chi connectivity index (χ4v) is 5.44. The van der Waals surface area contributed by atoms with Crippen LogP contribution in [-0.2, 0) is 19.4 Å². The largest absolute Gasteiger partial charge is 0.260 e. The smallest absolute Gasteiger partial charge is 0.202 e. The van der Waals surface area contributed by atoms with E-state index in [1.54, 1.807) is 17.0 Å². The van der Waals surface area contributed by atoms with Crippen LogP contribution in [0.4, 0.5) is 0 Å². The Morgan fingerprint density at radius 3 is 3.04 bits per heavy atom. The van der Waals surface area contributed by atoms with Gasteiger partial charge in [0, 0.05) is 11.4 Å². The normalized spacial score (nSPS) is 17.3. The highest BCUT2D eigenvalue weighted by Gasteiger charge is 2.25. The van der Waals surface area contributed by atoms with Crippen molar-refractivity contribution < 1.29 is 0 Å². The molecule has 4 heterocycles. The lowest BCUT2D eigenvalue weighted by Crippen LogP contribution is -2.11. The minimum Gasteiger partial charge on any atom is -0.260 e. The summed E-state index contributed by atoms with van der Waals surface area (Å²) in [5, 5.41) is 10.7. The summed E-state index contributed by atoms with van der Waals surface area (Å²) in [7, 11) is 0. The number of aryl methyl sites for hydroxylation is 2. The van der Waals surface area contributed by atoms with Crippen molar-refractivity contribution in [3.05, 3.63) is 28.0 Å². The molecule has 1 aliphatic carbocycles. The number of hydrogen-bond donors (Lipinski definition) is 0. The van der Waals surface area contributed by atoms with Crippen LogP contribution in [0, 0.1) is 5.92 Å². The molecule has 0 saturated heterocycles. The van der Waals surface area contributed by atoms with Crippen LogP contribution in [0.3, 0.4) is 0 Å². The van der Waals surface area contributed by atoms with Gasteiger partial charge in [-0.1, -0.05) is 24.9 Å². The molecular weight excluding hydrogens is 368 g/mol. The molecule has 0 aromatic carbocycles. The highest BCUT2D eigenvalue weighted by atomic mass is 35.5. The first-order chi connectivity index (χ1) is 12.7. The minimum atomic E-state index is 0.574. The Hall–Kier alpha value is -1.99. The van der Waals surface area contributed by atoms with Gasteiger partial charge in [0.2, 0.25) is 5.82 Å². The molecule has 0 amide bonds. The molecule has 4 aromatic heterocycles. The molecule has 0 fully saturated rings. The van der Waals surface area contributed by atoms with Gasteiger partial charge >= 0.3 is 0 Å². The number of halogens is 1. The van der Waals surface area contributed by atoms with Gasteiger partial charge in [0.1, 0.15) is 16.9 Å². The highest BCUT2D eigenvalue weighted by Crippen LogP contribution is 2.39. The van der Waals surface area contributed by atoms with E-state index in [1.165, 1.54) is 28.7 Å². The third kappa shape index (κ3) is 2.30. The van der Waals surface area contributed by atoms with Gasteiger partial charge in [-0.05, 0) is 37.7 Å². The highest BCUT2D eigenvalue weighted by molar-refractivity contribution is 7.19. The summed E-state index contributed by atoms with van der Waals surface area (Å²) in [6, 6.07) is 0. The van der Waals surface area contributed by atoms with Crippen LogP contribution in [0.15, 0.2) is 12.5 Å². The van der Waals surface area contributed by atoms with Crippen molar-refractivity contribution in [1.29, 1.82) is 0 Å². The molecule has 1 atom stereocenters. The number of hydrogen-bond acceptors (Lipinski definition) is 5. The van der Waals surface area contributed by atoms with Crippen LogP contribution < -0.4 is 0 Å². The molecule has 8 heteroatoms. The Balaban J connectivity index is 1.73. The molecule has 1 aliphatic rings. The fraction of sp³-hybridized carbons (Fsp3) is 0.444. The van der Waals surface area contributed by atoms with Crippen LogP contribution in [0.25, 0.3) is 27.4 Å². The molecule has 1 unspecified atom stereocenters. The van der Waals surface area contributed by atoms with Crippen molar-refractivity contribution in [2.75, 3.05) is 0 Å². The van der Waals surface area contributed by atoms with Gasteiger partial charge in [-0.2, -0.15) is 5.10 Å². The molecule has 4 aromatic rings. The monoisotopic (exact) mass is 386 g/mol. The maximum atomic E-state index is 6.34. The van der Waals surface area contributed by atoms with Crippen molar-refractivity contribution in [1.82, 2.24) is 29.4 Å². The third-order valence-electron chi connectivity index (χ3n) is 5.37. The lowest BCUT2D eigenvalue weighted by atomic mass is 9.86. The SMILES string of the molecule is CCC1CCc2c(sc3ncn4nc(-c5c(Cl)cnn5CC)nc4c23)C1.